The molecule has 2 aromatic heterocycles. The average molecular weight is 387 g/mol. The number of anilines is 1. The van der Waals surface area contributed by atoms with Crippen molar-refractivity contribution in [2.45, 2.75) is 6.42 Å². The van der Waals surface area contributed by atoms with Crippen LogP contribution in [-0.2, 0) is 6.42 Å². The molecule has 4 rings (SSSR count). The predicted molar refractivity (Wildman–Crippen MR) is 113 cm³/mol. The van der Waals surface area contributed by atoms with Crippen molar-refractivity contribution in [3.05, 3.63) is 96.0 Å². The Morgan fingerprint density at radius 2 is 1.82 bits per heavy atom. The number of amides is 1. The Kier molecular flexibility index (Phi) is 5.12. The number of hydrogen-bond acceptors (Lipinski definition) is 4. The SMILES string of the molecule is O=C(NC(=S)Nc1cccc(Cc2ccccc2)c1)c1cc2cnccc2o1. The van der Waals surface area contributed by atoms with Crippen LogP contribution in [0.4, 0.5) is 5.69 Å². The van der Waals surface area contributed by atoms with Crippen LogP contribution in [0.5, 0.6) is 0 Å². The van der Waals surface area contributed by atoms with Crippen LogP contribution in [0.3, 0.4) is 0 Å². The fourth-order valence-corrected chi connectivity index (χ4v) is 3.12. The summed E-state index contributed by atoms with van der Waals surface area (Å²) in [5, 5.41) is 6.66. The van der Waals surface area contributed by atoms with E-state index in [1.165, 1.54) is 5.56 Å². The Labute approximate surface area is 167 Å². The molecule has 0 aliphatic heterocycles. The van der Waals surface area contributed by atoms with Crippen LogP contribution in [-0.4, -0.2) is 16.0 Å². The Balaban J connectivity index is 1.40. The molecule has 0 fully saturated rings. The van der Waals surface area contributed by atoms with Crippen LogP contribution >= 0.6 is 12.2 Å². The summed E-state index contributed by atoms with van der Waals surface area (Å²) in [6.07, 6.45) is 4.08. The Bertz CT molecular complexity index is 1110. The van der Waals surface area contributed by atoms with Crippen molar-refractivity contribution in [2.24, 2.45) is 0 Å². The first-order valence-electron chi connectivity index (χ1n) is 8.76. The van der Waals surface area contributed by atoms with Crippen molar-refractivity contribution in [3.8, 4) is 0 Å². The minimum Gasteiger partial charge on any atom is -0.451 e. The zero-order chi connectivity index (χ0) is 19.3. The van der Waals surface area contributed by atoms with Crippen LogP contribution in [0.25, 0.3) is 11.0 Å². The number of benzene rings is 2. The van der Waals surface area contributed by atoms with E-state index in [-0.39, 0.29) is 10.9 Å². The van der Waals surface area contributed by atoms with Gasteiger partial charge in [0.05, 0.1) is 0 Å². The molecule has 0 atom stereocenters. The van der Waals surface area contributed by atoms with E-state index < -0.39 is 5.91 Å². The summed E-state index contributed by atoms with van der Waals surface area (Å²) in [5.41, 5.74) is 3.80. The summed E-state index contributed by atoms with van der Waals surface area (Å²) in [5.74, 6) is -0.223. The average Bonchev–Trinajstić information content (AvgIpc) is 3.13. The number of nitrogens with zero attached hydrogens (tertiary/aromatic N) is 1. The molecule has 4 aromatic rings. The molecule has 28 heavy (non-hydrogen) atoms. The third-order valence-corrected chi connectivity index (χ3v) is 4.41. The van der Waals surface area contributed by atoms with Gasteiger partial charge in [-0.3, -0.25) is 15.1 Å². The standard InChI is InChI=1S/C22H17N3O2S/c26-21(20-13-17-14-23-10-9-19(17)27-20)25-22(28)24-18-8-4-7-16(12-18)11-15-5-2-1-3-6-15/h1-10,12-14H,11H2,(H2,24,25,26,28). The second-order valence-electron chi connectivity index (χ2n) is 6.30. The van der Waals surface area contributed by atoms with Crippen molar-refractivity contribution in [1.29, 1.82) is 0 Å². The van der Waals surface area contributed by atoms with E-state index >= 15 is 0 Å². The lowest BCUT2D eigenvalue weighted by atomic mass is 10.0. The van der Waals surface area contributed by atoms with Gasteiger partial charge in [-0.2, -0.15) is 0 Å². The number of carbonyl (C=O) groups is 1. The molecule has 0 spiro atoms. The molecule has 0 radical (unpaired) electrons. The highest BCUT2D eigenvalue weighted by Gasteiger charge is 2.13. The minimum atomic E-state index is -0.408. The summed E-state index contributed by atoms with van der Waals surface area (Å²) < 4.78 is 5.53. The van der Waals surface area contributed by atoms with Crippen molar-refractivity contribution in [2.75, 3.05) is 5.32 Å². The van der Waals surface area contributed by atoms with E-state index in [0.29, 0.717) is 5.58 Å². The van der Waals surface area contributed by atoms with E-state index in [1.54, 1.807) is 24.5 Å². The number of aromatic nitrogens is 1. The van der Waals surface area contributed by atoms with E-state index in [2.05, 4.69) is 33.8 Å². The summed E-state index contributed by atoms with van der Waals surface area (Å²) in [4.78, 5) is 16.4. The smallest absolute Gasteiger partial charge is 0.293 e. The van der Waals surface area contributed by atoms with Gasteiger partial charge in [0.15, 0.2) is 10.9 Å². The monoisotopic (exact) mass is 387 g/mol. The first-order chi connectivity index (χ1) is 13.7. The third-order valence-electron chi connectivity index (χ3n) is 4.20. The van der Waals surface area contributed by atoms with Gasteiger partial charge in [0.25, 0.3) is 5.91 Å². The number of pyridine rings is 1. The number of nitrogens with one attached hydrogen (secondary N) is 2. The third kappa shape index (κ3) is 4.24. The molecule has 138 valence electrons. The van der Waals surface area contributed by atoms with Crippen molar-refractivity contribution in [1.82, 2.24) is 10.3 Å². The molecule has 0 aliphatic rings. The van der Waals surface area contributed by atoms with Gasteiger partial charge < -0.3 is 9.73 Å². The molecule has 1 amide bonds. The van der Waals surface area contributed by atoms with Crippen LogP contribution < -0.4 is 10.6 Å². The predicted octanol–water partition coefficient (Wildman–Crippen LogP) is 4.55. The first kappa shape index (κ1) is 17.9. The number of hydrogen-bond donors (Lipinski definition) is 2. The van der Waals surface area contributed by atoms with Crippen molar-refractivity contribution in [3.63, 3.8) is 0 Å². The summed E-state index contributed by atoms with van der Waals surface area (Å²) in [7, 11) is 0. The highest BCUT2D eigenvalue weighted by molar-refractivity contribution is 7.80. The zero-order valence-corrected chi connectivity index (χ0v) is 15.7. The van der Waals surface area contributed by atoms with Gasteiger partial charge in [-0.1, -0.05) is 42.5 Å². The summed E-state index contributed by atoms with van der Waals surface area (Å²) >= 11 is 5.27. The van der Waals surface area contributed by atoms with Crippen LogP contribution in [0.1, 0.15) is 21.7 Å². The summed E-state index contributed by atoms with van der Waals surface area (Å²) in [6.45, 7) is 0. The maximum absolute atomic E-state index is 12.4. The molecule has 6 heteroatoms. The van der Waals surface area contributed by atoms with Crippen molar-refractivity contribution < 1.29 is 9.21 Å². The number of furan rings is 1. The van der Waals surface area contributed by atoms with E-state index in [4.69, 9.17) is 16.6 Å². The number of rotatable bonds is 4. The molecule has 0 aliphatic carbocycles. The second kappa shape index (κ2) is 8.02. The van der Waals surface area contributed by atoms with Gasteiger partial charge in [-0.05, 0) is 54.0 Å². The fourth-order valence-electron chi connectivity index (χ4n) is 2.91. The first-order valence-corrected chi connectivity index (χ1v) is 9.17. The molecule has 0 unspecified atom stereocenters. The molecular weight excluding hydrogens is 370 g/mol. The highest BCUT2D eigenvalue weighted by atomic mass is 32.1. The van der Waals surface area contributed by atoms with E-state index in [9.17, 15) is 4.79 Å². The molecular formula is C22H17N3O2S. The molecule has 0 bridgehead atoms. The molecule has 2 heterocycles. The Morgan fingerprint density at radius 3 is 2.64 bits per heavy atom. The quantitative estimate of drug-likeness (QED) is 0.503. The van der Waals surface area contributed by atoms with Crippen molar-refractivity contribution >= 4 is 39.9 Å². The summed E-state index contributed by atoms with van der Waals surface area (Å²) in [6, 6.07) is 21.5. The van der Waals surface area contributed by atoms with Gasteiger partial charge in [0, 0.05) is 23.5 Å². The number of fused-ring (bicyclic) bond motifs is 1. The van der Waals surface area contributed by atoms with Gasteiger partial charge >= 0.3 is 0 Å². The van der Waals surface area contributed by atoms with Crippen LogP contribution in [0.2, 0.25) is 0 Å². The van der Waals surface area contributed by atoms with E-state index in [0.717, 1.165) is 23.1 Å². The topological polar surface area (TPSA) is 67.2 Å². The maximum atomic E-state index is 12.4. The minimum absolute atomic E-state index is 0.185. The largest absolute Gasteiger partial charge is 0.451 e. The normalized spacial score (nSPS) is 10.6. The van der Waals surface area contributed by atoms with Gasteiger partial charge in [-0.25, -0.2) is 0 Å². The van der Waals surface area contributed by atoms with Crippen LogP contribution in [0, 0.1) is 0 Å². The molecule has 2 N–H and O–H groups in total. The van der Waals surface area contributed by atoms with Gasteiger partial charge in [-0.15, -0.1) is 0 Å². The van der Waals surface area contributed by atoms with Crippen LogP contribution in [0.15, 0.2) is 83.5 Å². The number of thiocarbonyl (C=S) groups is 1. The molecule has 0 saturated heterocycles. The lowest BCUT2D eigenvalue weighted by molar-refractivity contribution is 0.0953. The Morgan fingerprint density at radius 1 is 1.00 bits per heavy atom. The molecule has 2 aromatic carbocycles. The zero-order valence-electron chi connectivity index (χ0n) is 14.9. The Hall–Kier alpha value is -3.51. The molecule has 0 saturated carbocycles. The lowest BCUT2D eigenvalue weighted by Crippen LogP contribution is -2.33. The second-order valence-corrected chi connectivity index (χ2v) is 6.70. The molecule has 5 nitrogen and oxygen atoms in total. The van der Waals surface area contributed by atoms with E-state index in [1.807, 2.05) is 36.4 Å². The highest BCUT2D eigenvalue weighted by Crippen LogP contribution is 2.18. The lowest BCUT2D eigenvalue weighted by Gasteiger charge is -2.10. The number of carbonyl (C=O) groups excluding carboxylic acids is 1. The maximum Gasteiger partial charge on any atom is 0.293 e. The van der Waals surface area contributed by atoms with Gasteiger partial charge in [0.1, 0.15) is 5.58 Å². The van der Waals surface area contributed by atoms with Gasteiger partial charge in [0.2, 0.25) is 0 Å². The fraction of sp³-hybridized carbons (Fsp3) is 0.0455.